The number of nitrogens with zero attached hydrogens (tertiary/aromatic N) is 2. The van der Waals surface area contributed by atoms with Crippen molar-refractivity contribution in [2.24, 2.45) is 0 Å². The van der Waals surface area contributed by atoms with Gasteiger partial charge in [-0.25, -0.2) is 0 Å². The van der Waals surface area contributed by atoms with Gasteiger partial charge < -0.3 is 20.1 Å². The average molecular weight is 307 g/mol. The predicted molar refractivity (Wildman–Crippen MR) is 59.2 cm³/mol. The summed E-state index contributed by atoms with van der Waals surface area (Å²) in [7, 11) is 0. The quantitative estimate of drug-likeness (QED) is 0.582. The van der Waals surface area contributed by atoms with Crippen molar-refractivity contribution in [3.05, 3.63) is 27.4 Å². The molecule has 4 unspecified atom stereocenters. The molecule has 7 nitrogen and oxygen atoms in total. The van der Waals surface area contributed by atoms with Crippen molar-refractivity contribution in [2.45, 2.75) is 24.5 Å². The molecular formula is C9H11BrN2O5. The Kier molecular flexibility index (Phi) is 3.59. The van der Waals surface area contributed by atoms with Gasteiger partial charge in [-0.05, 0) is 15.9 Å². The second-order valence-electron chi connectivity index (χ2n) is 3.67. The van der Waals surface area contributed by atoms with Gasteiger partial charge in [0.05, 0.1) is 6.61 Å². The van der Waals surface area contributed by atoms with Gasteiger partial charge in [-0.3, -0.25) is 9.36 Å². The van der Waals surface area contributed by atoms with Crippen molar-refractivity contribution in [2.75, 3.05) is 6.61 Å². The molecule has 1 aliphatic rings. The standard InChI is InChI=1S/C9H11BrN2O5/c10-9-11-5(14)1-2-12(9)8-7(16)6(15)4(3-13)17-8/h1-2,4,6-8,13,15-16H,3H2. The van der Waals surface area contributed by atoms with E-state index in [1.807, 2.05) is 0 Å². The molecule has 0 bridgehead atoms. The molecule has 1 aromatic rings. The van der Waals surface area contributed by atoms with E-state index in [2.05, 4.69) is 20.9 Å². The first-order chi connectivity index (χ1) is 8.04. The van der Waals surface area contributed by atoms with Crippen LogP contribution in [-0.2, 0) is 4.74 Å². The molecule has 0 aliphatic carbocycles. The number of hydrogen-bond donors (Lipinski definition) is 3. The maximum Gasteiger partial charge on any atom is 0.273 e. The third-order valence-corrected chi connectivity index (χ3v) is 3.17. The van der Waals surface area contributed by atoms with E-state index in [1.165, 1.54) is 16.8 Å². The van der Waals surface area contributed by atoms with Crippen molar-refractivity contribution >= 4 is 15.9 Å². The van der Waals surface area contributed by atoms with Gasteiger partial charge in [-0.2, -0.15) is 4.98 Å². The molecule has 94 valence electrons. The molecule has 4 atom stereocenters. The minimum atomic E-state index is -1.20. The van der Waals surface area contributed by atoms with Crippen molar-refractivity contribution in [3.63, 3.8) is 0 Å². The summed E-state index contributed by atoms with van der Waals surface area (Å²) in [6.07, 6.45) is -2.75. The van der Waals surface area contributed by atoms with E-state index in [4.69, 9.17) is 9.84 Å². The highest BCUT2D eigenvalue weighted by Crippen LogP contribution is 2.30. The second-order valence-corrected chi connectivity index (χ2v) is 4.38. The SMILES string of the molecule is O=c1ccn(C2OC(CO)C(O)C2O)c(Br)n1. The van der Waals surface area contributed by atoms with Crippen LogP contribution in [-0.4, -0.2) is 49.8 Å². The molecule has 17 heavy (non-hydrogen) atoms. The van der Waals surface area contributed by atoms with E-state index in [0.717, 1.165) is 0 Å². The summed E-state index contributed by atoms with van der Waals surface area (Å²) in [5.74, 6) is 0. The molecule has 2 heterocycles. The third-order valence-electron chi connectivity index (χ3n) is 2.58. The molecule has 8 heteroatoms. The predicted octanol–water partition coefficient (Wildman–Crippen LogP) is -1.38. The molecule has 0 radical (unpaired) electrons. The van der Waals surface area contributed by atoms with Crippen LogP contribution < -0.4 is 5.56 Å². The lowest BCUT2D eigenvalue weighted by atomic mass is 10.1. The first kappa shape index (κ1) is 12.7. The summed E-state index contributed by atoms with van der Waals surface area (Å²) in [6, 6.07) is 1.21. The monoisotopic (exact) mass is 306 g/mol. The van der Waals surface area contributed by atoms with E-state index in [0.29, 0.717) is 0 Å². The first-order valence-electron chi connectivity index (χ1n) is 4.91. The Morgan fingerprint density at radius 1 is 1.47 bits per heavy atom. The third kappa shape index (κ3) is 2.26. The summed E-state index contributed by atoms with van der Waals surface area (Å²) >= 11 is 3.06. The Morgan fingerprint density at radius 3 is 2.71 bits per heavy atom. The Hall–Kier alpha value is -0.800. The van der Waals surface area contributed by atoms with Crippen LogP contribution in [0.5, 0.6) is 0 Å². The molecule has 0 spiro atoms. The highest BCUT2D eigenvalue weighted by Gasteiger charge is 2.43. The molecule has 2 rings (SSSR count). The normalized spacial score (nSPS) is 32.9. The zero-order chi connectivity index (χ0) is 12.6. The maximum atomic E-state index is 11.0. The largest absolute Gasteiger partial charge is 0.394 e. The summed E-state index contributed by atoms with van der Waals surface area (Å²) in [5, 5.41) is 28.3. The van der Waals surface area contributed by atoms with Crippen LogP contribution in [0.1, 0.15) is 6.23 Å². The number of hydrogen-bond acceptors (Lipinski definition) is 6. The summed E-state index contributed by atoms with van der Waals surface area (Å²) in [4.78, 5) is 14.6. The molecule has 0 amide bonds. The Bertz CT molecular complexity index is 465. The Labute approximate surface area is 104 Å². The lowest BCUT2D eigenvalue weighted by molar-refractivity contribution is -0.0546. The number of aromatic nitrogens is 2. The van der Waals surface area contributed by atoms with Crippen LogP contribution in [0.2, 0.25) is 0 Å². The summed E-state index contributed by atoms with van der Waals surface area (Å²) in [6.45, 7) is -0.403. The lowest BCUT2D eigenvalue weighted by Gasteiger charge is -2.18. The summed E-state index contributed by atoms with van der Waals surface area (Å²) in [5.41, 5.74) is -0.431. The van der Waals surface area contributed by atoms with Gasteiger partial charge in [0.2, 0.25) is 0 Å². The van der Waals surface area contributed by atoms with Crippen molar-refractivity contribution in [1.82, 2.24) is 9.55 Å². The summed E-state index contributed by atoms with van der Waals surface area (Å²) < 4.78 is 6.83. The van der Waals surface area contributed by atoms with Gasteiger partial charge in [-0.1, -0.05) is 0 Å². The van der Waals surface area contributed by atoms with Gasteiger partial charge in [-0.15, -0.1) is 0 Å². The fourth-order valence-electron chi connectivity index (χ4n) is 1.69. The van der Waals surface area contributed by atoms with E-state index >= 15 is 0 Å². The zero-order valence-electron chi connectivity index (χ0n) is 8.60. The molecule has 0 aromatic carbocycles. The molecule has 3 N–H and O–H groups in total. The van der Waals surface area contributed by atoms with Crippen molar-refractivity contribution < 1.29 is 20.1 Å². The van der Waals surface area contributed by atoms with Gasteiger partial charge in [0.1, 0.15) is 18.3 Å². The number of ether oxygens (including phenoxy) is 1. The highest BCUT2D eigenvalue weighted by atomic mass is 79.9. The van der Waals surface area contributed by atoms with Gasteiger partial charge in [0.15, 0.2) is 11.0 Å². The second kappa shape index (κ2) is 4.83. The highest BCUT2D eigenvalue weighted by molar-refractivity contribution is 9.10. The molecule has 1 aromatic heterocycles. The van der Waals surface area contributed by atoms with Gasteiger partial charge in [0, 0.05) is 12.3 Å². The van der Waals surface area contributed by atoms with Gasteiger partial charge in [0.25, 0.3) is 5.56 Å². The minimum Gasteiger partial charge on any atom is -0.394 e. The minimum absolute atomic E-state index is 0.180. The van der Waals surface area contributed by atoms with E-state index in [1.54, 1.807) is 0 Å². The van der Waals surface area contributed by atoms with Crippen LogP contribution in [0.15, 0.2) is 21.8 Å². The van der Waals surface area contributed by atoms with Crippen LogP contribution in [0.4, 0.5) is 0 Å². The van der Waals surface area contributed by atoms with Crippen molar-refractivity contribution in [1.29, 1.82) is 0 Å². The molecule has 1 saturated heterocycles. The van der Waals surface area contributed by atoms with E-state index in [-0.39, 0.29) is 4.73 Å². The topological polar surface area (TPSA) is 105 Å². The Morgan fingerprint density at radius 2 is 2.18 bits per heavy atom. The average Bonchev–Trinajstić information content (AvgIpc) is 2.57. The smallest absolute Gasteiger partial charge is 0.273 e. The molecule has 1 aliphatic heterocycles. The molecule has 1 fully saturated rings. The van der Waals surface area contributed by atoms with Crippen LogP contribution >= 0.6 is 15.9 Å². The molecular weight excluding hydrogens is 296 g/mol. The number of halogens is 1. The number of rotatable bonds is 2. The fraction of sp³-hybridized carbons (Fsp3) is 0.556. The van der Waals surface area contributed by atoms with E-state index < -0.39 is 36.7 Å². The van der Waals surface area contributed by atoms with Crippen LogP contribution in [0, 0.1) is 0 Å². The Balaban J connectivity index is 2.32. The number of aliphatic hydroxyl groups is 3. The van der Waals surface area contributed by atoms with E-state index in [9.17, 15) is 15.0 Å². The van der Waals surface area contributed by atoms with Crippen LogP contribution in [0.25, 0.3) is 0 Å². The lowest BCUT2D eigenvalue weighted by Crippen LogP contribution is -2.33. The number of aliphatic hydroxyl groups excluding tert-OH is 3. The fourth-order valence-corrected chi connectivity index (χ4v) is 2.19. The zero-order valence-corrected chi connectivity index (χ0v) is 10.2. The van der Waals surface area contributed by atoms with Crippen molar-refractivity contribution in [3.8, 4) is 0 Å². The maximum absolute atomic E-state index is 11.0. The first-order valence-corrected chi connectivity index (χ1v) is 5.71. The molecule has 0 saturated carbocycles. The van der Waals surface area contributed by atoms with Gasteiger partial charge >= 0.3 is 0 Å². The van der Waals surface area contributed by atoms with Crippen LogP contribution in [0.3, 0.4) is 0 Å².